The first kappa shape index (κ1) is 19.4. The van der Waals surface area contributed by atoms with Crippen molar-refractivity contribution in [2.24, 2.45) is 0 Å². The number of pyridine rings is 1. The molecule has 1 aliphatic heterocycles. The third kappa shape index (κ3) is 4.09. The number of rotatable bonds is 3. The molecule has 7 nitrogen and oxygen atoms in total. The van der Waals surface area contributed by atoms with Crippen LogP contribution in [0.5, 0.6) is 0 Å². The Morgan fingerprint density at radius 1 is 1.03 bits per heavy atom. The zero-order valence-corrected chi connectivity index (χ0v) is 16.6. The van der Waals surface area contributed by atoms with Gasteiger partial charge in [0.1, 0.15) is 6.04 Å². The number of carbonyl (C=O) groups is 3. The van der Waals surface area contributed by atoms with E-state index >= 15 is 0 Å². The van der Waals surface area contributed by atoms with Crippen molar-refractivity contribution in [1.29, 1.82) is 0 Å². The van der Waals surface area contributed by atoms with Gasteiger partial charge in [-0.25, -0.2) is 0 Å². The summed E-state index contributed by atoms with van der Waals surface area (Å²) < 4.78 is 0. The molecule has 4 rings (SSSR count). The molecule has 1 aliphatic carbocycles. The number of likely N-dealkylation sites (tertiary alicyclic amines) is 1. The van der Waals surface area contributed by atoms with Gasteiger partial charge in [-0.05, 0) is 38.3 Å². The Kier molecular flexibility index (Phi) is 5.47. The zero-order chi connectivity index (χ0) is 20.4. The molecule has 152 valence electrons. The second kappa shape index (κ2) is 8.19. The van der Waals surface area contributed by atoms with Gasteiger partial charge in [0, 0.05) is 23.7 Å². The average molecular weight is 394 g/mol. The molecule has 7 heteroatoms. The lowest BCUT2D eigenvalue weighted by molar-refractivity contribution is -0.139. The summed E-state index contributed by atoms with van der Waals surface area (Å²) in [7, 11) is 0. The first-order valence-electron chi connectivity index (χ1n) is 10.3. The fourth-order valence-electron chi connectivity index (χ4n) is 4.34. The van der Waals surface area contributed by atoms with E-state index in [0.717, 1.165) is 36.8 Å². The van der Waals surface area contributed by atoms with Crippen molar-refractivity contribution in [3.05, 3.63) is 36.0 Å². The molecule has 2 aliphatic rings. The molecule has 0 radical (unpaired) electrons. The number of nitrogens with one attached hydrogen (secondary N) is 2. The summed E-state index contributed by atoms with van der Waals surface area (Å²) in [6.45, 7) is 2.51. The van der Waals surface area contributed by atoms with E-state index in [9.17, 15) is 14.4 Å². The fourth-order valence-corrected chi connectivity index (χ4v) is 4.34. The Bertz CT molecular complexity index is 952. The molecular weight excluding hydrogens is 368 g/mol. The monoisotopic (exact) mass is 394 g/mol. The fraction of sp³-hybridized carbons (Fsp3) is 0.455. The molecule has 2 heterocycles. The van der Waals surface area contributed by atoms with E-state index in [4.69, 9.17) is 0 Å². The minimum absolute atomic E-state index is 0.0690. The summed E-state index contributed by atoms with van der Waals surface area (Å²) in [6, 6.07) is 8.88. The van der Waals surface area contributed by atoms with Crippen molar-refractivity contribution in [3.63, 3.8) is 0 Å². The highest BCUT2D eigenvalue weighted by Gasteiger charge is 2.37. The van der Waals surface area contributed by atoms with Gasteiger partial charge < -0.3 is 15.5 Å². The Hall–Kier alpha value is -2.96. The van der Waals surface area contributed by atoms with Crippen molar-refractivity contribution in [1.82, 2.24) is 15.2 Å². The molecule has 2 fully saturated rings. The van der Waals surface area contributed by atoms with Crippen LogP contribution in [-0.4, -0.2) is 46.2 Å². The van der Waals surface area contributed by atoms with Crippen LogP contribution in [0.4, 0.5) is 5.69 Å². The summed E-state index contributed by atoms with van der Waals surface area (Å²) in [5.74, 6) is -1.65. The number of carbonyl (C=O) groups excluding carboxylic acids is 3. The van der Waals surface area contributed by atoms with Crippen LogP contribution in [0.3, 0.4) is 0 Å². The van der Waals surface area contributed by atoms with Crippen LogP contribution >= 0.6 is 0 Å². The van der Waals surface area contributed by atoms with Crippen LogP contribution < -0.4 is 10.6 Å². The molecule has 1 atom stereocenters. The lowest BCUT2D eigenvalue weighted by atomic mass is 9.94. The minimum Gasteiger partial charge on any atom is -0.338 e. The molecule has 2 aromatic rings. The van der Waals surface area contributed by atoms with E-state index in [1.807, 2.05) is 30.0 Å². The summed E-state index contributed by atoms with van der Waals surface area (Å²) in [5, 5.41) is 6.13. The number of aromatic nitrogens is 1. The van der Waals surface area contributed by atoms with Gasteiger partial charge in [-0.15, -0.1) is 0 Å². The van der Waals surface area contributed by atoms with E-state index in [1.54, 1.807) is 12.1 Å². The van der Waals surface area contributed by atoms with E-state index < -0.39 is 17.9 Å². The molecule has 0 bridgehead atoms. The van der Waals surface area contributed by atoms with Gasteiger partial charge in [0.25, 0.3) is 0 Å². The summed E-state index contributed by atoms with van der Waals surface area (Å²) >= 11 is 0. The van der Waals surface area contributed by atoms with Crippen LogP contribution in [0.25, 0.3) is 10.9 Å². The quantitative estimate of drug-likeness (QED) is 0.783. The Morgan fingerprint density at radius 2 is 1.83 bits per heavy atom. The molecule has 1 saturated heterocycles. The number of fused-ring (bicyclic) bond motifs is 1. The third-order valence-electron chi connectivity index (χ3n) is 5.87. The molecule has 0 spiro atoms. The maximum atomic E-state index is 12.7. The molecule has 2 N–H and O–H groups in total. The highest BCUT2D eigenvalue weighted by atomic mass is 16.2. The summed E-state index contributed by atoms with van der Waals surface area (Å²) in [4.78, 5) is 43.9. The van der Waals surface area contributed by atoms with Gasteiger partial charge in [0.15, 0.2) is 0 Å². The van der Waals surface area contributed by atoms with Crippen molar-refractivity contribution >= 4 is 34.3 Å². The van der Waals surface area contributed by atoms with Crippen LogP contribution in [-0.2, 0) is 14.4 Å². The first-order chi connectivity index (χ1) is 14.0. The number of nitrogens with zero attached hydrogens (tertiary/aromatic N) is 2. The molecule has 1 unspecified atom stereocenters. The number of amides is 3. The smallest absolute Gasteiger partial charge is 0.313 e. The molecule has 3 amide bonds. The topological polar surface area (TPSA) is 91.4 Å². The van der Waals surface area contributed by atoms with Gasteiger partial charge in [-0.1, -0.05) is 37.5 Å². The normalized spacial score (nSPS) is 20.1. The average Bonchev–Trinajstić information content (AvgIpc) is 3.09. The van der Waals surface area contributed by atoms with Crippen LogP contribution in [0.1, 0.15) is 44.2 Å². The molecule has 1 aromatic heterocycles. The predicted molar refractivity (Wildman–Crippen MR) is 110 cm³/mol. The number of para-hydroxylation sites is 1. The summed E-state index contributed by atoms with van der Waals surface area (Å²) in [5.41, 5.74) is 1.94. The molecule has 29 heavy (non-hydrogen) atoms. The molecular formula is C22H26N4O3. The maximum Gasteiger partial charge on any atom is 0.313 e. The number of anilines is 1. The predicted octanol–water partition coefficient (Wildman–Crippen LogP) is 2.53. The van der Waals surface area contributed by atoms with Gasteiger partial charge in [-0.3, -0.25) is 19.4 Å². The Balaban J connectivity index is 1.40. The van der Waals surface area contributed by atoms with Gasteiger partial charge in [-0.2, -0.15) is 0 Å². The molecule has 1 saturated carbocycles. The van der Waals surface area contributed by atoms with Crippen molar-refractivity contribution in [2.75, 3.05) is 11.9 Å². The summed E-state index contributed by atoms with van der Waals surface area (Å²) in [6.07, 6.45) is 6.12. The highest BCUT2D eigenvalue weighted by molar-refractivity contribution is 6.40. The minimum atomic E-state index is -0.793. The van der Waals surface area contributed by atoms with Gasteiger partial charge in [0.2, 0.25) is 5.91 Å². The van der Waals surface area contributed by atoms with Gasteiger partial charge in [0.05, 0.1) is 11.2 Å². The van der Waals surface area contributed by atoms with Crippen molar-refractivity contribution < 1.29 is 14.4 Å². The standard InChI is InChI=1S/C22H26N4O3/c1-14-10-11-15-6-5-9-17(19(15)23-14)24-20(27)21(28)25-18-12-13-26(22(18)29)16-7-3-2-4-8-16/h5-6,9-11,16,18H,2-4,7-8,12-13H2,1H3,(H,24,27)(H,25,28). The lowest BCUT2D eigenvalue weighted by Gasteiger charge is -2.31. The number of benzene rings is 1. The number of aryl methyl sites for hydroxylation is 1. The lowest BCUT2D eigenvalue weighted by Crippen LogP contribution is -2.47. The largest absolute Gasteiger partial charge is 0.338 e. The van der Waals surface area contributed by atoms with Crippen LogP contribution in [0.2, 0.25) is 0 Å². The van der Waals surface area contributed by atoms with E-state index in [-0.39, 0.29) is 11.9 Å². The highest BCUT2D eigenvalue weighted by Crippen LogP contribution is 2.26. The van der Waals surface area contributed by atoms with Crippen molar-refractivity contribution in [3.8, 4) is 0 Å². The van der Waals surface area contributed by atoms with Crippen LogP contribution in [0, 0.1) is 6.92 Å². The second-order valence-corrected chi connectivity index (χ2v) is 7.92. The maximum absolute atomic E-state index is 12.7. The second-order valence-electron chi connectivity index (χ2n) is 7.92. The van der Waals surface area contributed by atoms with Crippen LogP contribution in [0.15, 0.2) is 30.3 Å². The third-order valence-corrected chi connectivity index (χ3v) is 5.87. The van der Waals surface area contributed by atoms with Crippen molar-refractivity contribution in [2.45, 2.75) is 57.5 Å². The SMILES string of the molecule is Cc1ccc2cccc(NC(=O)C(=O)NC3CCN(C4CCCCC4)C3=O)c2n1. The molecule has 1 aromatic carbocycles. The first-order valence-corrected chi connectivity index (χ1v) is 10.3. The van der Waals surface area contributed by atoms with E-state index in [2.05, 4.69) is 15.6 Å². The van der Waals surface area contributed by atoms with E-state index in [0.29, 0.717) is 24.2 Å². The Morgan fingerprint density at radius 3 is 2.62 bits per heavy atom. The van der Waals surface area contributed by atoms with E-state index in [1.165, 1.54) is 6.42 Å². The van der Waals surface area contributed by atoms with Gasteiger partial charge >= 0.3 is 11.8 Å². The Labute approximate surface area is 169 Å². The number of hydrogen-bond acceptors (Lipinski definition) is 4. The number of hydrogen-bond donors (Lipinski definition) is 2. The zero-order valence-electron chi connectivity index (χ0n) is 16.6.